The Morgan fingerprint density at radius 2 is 1.74 bits per heavy atom. The first-order valence-electron chi connectivity index (χ1n) is 8.02. The molecule has 0 amide bonds. The molecule has 19 heavy (non-hydrogen) atoms. The van der Waals surface area contributed by atoms with E-state index in [-0.39, 0.29) is 5.41 Å². The summed E-state index contributed by atoms with van der Waals surface area (Å²) in [5.41, 5.74) is 0.233. The third-order valence-electron chi connectivity index (χ3n) is 3.86. The van der Waals surface area contributed by atoms with Crippen molar-refractivity contribution in [3.8, 4) is 0 Å². The minimum atomic E-state index is 0.233. The molecule has 0 fully saturated rings. The first-order chi connectivity index (χ1) is 9.18. The second-order valence-electron chi connectivity index (χ2n) is 5.90. The molecule has 0 spiro atoms. The number of hydrogen-bond acceptors (Lipinski definition) is 2. The van der Waals surface area contributed by atoms with Gasteiger partial charge in [0.1, 0.15) is 0 Å². The summed E-state index contributed by atoms with van der Waals surface area (Å²) in [4.78, 5) is 0. The Balaban J connectivity index is 3.58. The molecule has 2 nitrogen and oxygen atoms in total. The predicted molar refractivity (Wildman–Crippen MR) is 85.7 cm³/mol. The highest BCUT2D eigenvalue weighted by Crippen LogP contribution is 2.25. The Hall–Kier alpha value is -0.340. The van der Waals surface area contributed by atoms with E-state index in [0.29, 0.717) is 0 Å². The van der Waals surface area contributed by atoms with Crippen molar-refractivity contribution in [3.05, 3.63) is 12.7 Å². The zero-order chi connectivity index (χ0) is 14.4. The van der Waals surface area contributed by atoms with E-state index >= 15 is 0 Å². The fourth-order valence-electron chi connectivity index (χ4n) is 2.30. The van der Waals surface area contributed by atoms with Crippen LogP contribution >= 0.6 is 0 Å². The van der Waals surface area contributed by atoms with E-state index in [1.807, 2.05) is 0 Å². The third kappa shape index (κ3) is 11.2. The van der Waals surface area contributed by atoms with Gasteiger partial charge in [-0.2, -0.15) is 0 Å². The van der Waals surface area contributed by atoms with E-state index < -0.39 is 0 Å². The van der Waals surface area contributed by atoms with Crippen LogP contribution in [0.25, 0.3) is 0 Å². The Morgan fingerprint density at radius 3 is 2.32 bits per heavy atom. The van der Waals surface area contributed by atoms with Crippen LogP contribution in [0.2, 0.25) is 0 Å². The van der Waals surface area contributed by atoms with Crippen LogP contribution in [-0.4, -0.2) is 26.8 Å². The topological polar surface area (TPSA) is 21.3 Å². The monoisotopic (exact) mass is 269 g/mol. The molecular formula is C17H35NO. The number of rotatable bonds is 14. The fraction of sp³-hybridized carbons (Fsp3) is 0.882. The van der Waals surface area contributed by atoms with Crippen LogP contribution in [0.4, 0.5) is 0 Å². The van der Waals surface area contributed by atoms with E-state index in [4.69, 9.17) is 4.74 Å². The van der Waals surface area contributed by atoms with Gasteiger partial charge in [-0.1, -0.05) is 64.9 Å². The highest BCUT2D eigenvalue weighted by Gasteiger charge is 2.18. The largest absolute Gasteiger partial charge is 0.383 e. The normalized spacial score (nSPS) is 14.3. The molecule has 0 saturated heterocycles. The second kappa shape index (κ2) is 12.7. The van der Waals surface area contributed by atoms with Crippen LogP contribution in [0.1, 0.15) is 65.2 Å². The van der Waals surface area contributed by atoms with E-state index in [1.165, 1.54) is 51.4 Å². The second-order valence-corrected chi connectivity index (χ2v) is 5.90. The van der Waals surface area contributed by atoms with Crippen molar-refractivity contribution < 1.29 is 4.74 Å². The number of methoxy groups -OCH3 is 1. The maximum atomic E-state index is 5.05. The first-order valence-corrected chi connectivity index (χ1v) is 8.02. The van der Waals surface area contributed by atoms with Crippen molar-refractivity contribution in [1.82, 2.24) is 5.32 Å². The molecule has 0 radical (unpaired) electrons. The highest BCUT2D eigenvalue weighted by atomic mass is 16.5. The van der Waals surface area contributed by atoms with Gasteiger partial charge in [0, 0.05) is 20.2 Å². The van der Waals surface area contributed by atoms with Crippen molar-refractivity contribution >= 4 is 0 Å². The van der Waals surface area contributed by atoms with Gasteiger partial charge in [0.15, 0.2) is 0 Å². The molecule has 0 aromatic rings. The lowest BCUT2D eigenvalue weighted by atomic mass is 9.84. The molecule has 0 heterocycles. The van der Waals surface area contributed by atoms with Crippen molar-refractivity contribution in [3.63, 3.8) is 0 Å². The summed E-state index contributed by atoms with van der Waals surface area (Å²) in [5, 5.41) is 3.45. The van der Waals surface area contributed by atoms with E-state index in [2.05, 4.69) is 31.8 Å². The third-order valence-corrected chi connectivity index (χ3v) is 3.86. The van der Waals surface area contributed by atoms with E-state index in [0.717, 1.165) is 19.7 Å². The molecule has 0 aliphatic rings. The standard InChI is InChI=1S/C17H35NO/c1-5-7-8-9-10-11-12-13-17(3,6-2)16-18-14-15-19-4/h6,18H,2,5,7-16H2,1,3-4H3. The number of nitrogens with one attached hydrogen (secondary N) is 1. The molecule has 1 N–H and O–H groups in total. The molecule has 0 rings (SSSR count). The minimum Gasteiger partial charge on any atom is -0.383 e. The van der Waals surface area contributed by atoms with E-state index in [9.17, 15) is 0 Å². The summed E-state index contributed by atoms with van der Waals surface area (Å²) >= 11 is 0. The first kappa shape index (κ1) is 18.7. The van der Waals surface area contributed by atoms with E-state index in [1.54, 1.807) is 7.11 Å². The van der Waals surface area contributed by atoms with Gasteiger partial charge < -0.3 is 10.1 Å². The number of ether oxygens (including phenoxy) is 1. The Kier molecular flexibility index (Phi) is 12.5. The number of hydrogen-bond donors (Lipinski definition) is 1. The van der Waals surface area contributed by atoms with Gasteiger partial charge >= 0.3 is 0 Å². The zero-order valence-corrected chi connectivity index (χ0v) is 13.5. The molecule has 2 heteroatoms. The summed E-state index contributed by atoms with van der Waals surface area (Å²) in [6.45, 7) is 11.3. The van der Waals surface area contributed by atoms with Gasteiger partial charge in [-0.25, -0.2) is 0 Å². The van der Waals surface area contributed by atoms with Gasteiger partial charge in [0.25, 0.3) is 0 Å². The Labute approximate surface area is 121 Å². The lowest BCUT2D eigenvalue weighted by molar-refractivity contribution is 0.195. The van der Waals surface area contributed by atoms with Crippen molar-refractivity contribution in [2.45, 2.75) is 65.2 Å². The lowest BCUT2D eigenvalue weighted by Crippen LogP contribution is -2.32. The Morgan fingerprint density at radius 1 is 1.11 bits per heavy atom. The molecular weight excluding hydrogens is 234 g/mol. The molecule has 0 aliphatic heterocycles. The summed E-state index contributed by atoms with van der Waals surface area (Å²) < 4.78 is 5.05. The highest BCUT2D eigenvalue weighted by molar-refractivity contribution is 4.92. The SMILES string of the molecule is C=CC(C)(CCCCCCCCC)CNCCOC. The molecule has 0 bridgehead atoms. The molecule has 0 aromatic carbocycles. The van der Waals surface area contributed by atoms with Gasteiger partial charge in [-0.15, -0.1) is 6.58 Å². The predicted octanol–water partition coefficient (Wildman–Crippen LogP) is 4.56. The fourth-order valence-corrected chi connectivity index (χ4v) is 2.30. The summed E-state index contributed by atoms with van der Waals surface area (Å²) in [6, 6.07) is 0. The molecule has 1 atom stereocenters. The van der Waals surface area contributed by atoms with Gasteiger partial charge in [-0.3, -0.25) is 0 Å². The lowest BCUT2D eigenvalue weighted by Gasteiger charge is -2.26. The van der Waals surface area contributed by atoms with Crippen LogP contribution < -0.4 is 5.32 Å². The van der Waals surface area contributed by atoms with Gasteiger partial charge in [0.05, 0.1) is 6.61 Å². The maximum Gasteiger partial charge on any atom is 0.0587 e. The summed E-state index contributed by atoms with van der Waals surface area (Å²) in [5.74, 6) is 0. The molecule has 0 saturated carbocycles. The van der Waals surface area contributed by atoms with Crippen LogP contribution in [0.15, 0.2) is 12.7 Å². The maximum absolute atomic E-state index is 5.05. The Bertz CT molecular complexity index is 205. The average Bonchev–Trinajstić information content (AvgIpc) is 2.43. The van der Waals surface area contributed by atoms with Crippen LogP contribution in [0.3, 0.4) is 0 Å². The van der Waals surface area contributed by atoms with Crippen LogP contribution in [0.5, 0.6) is 0 Å². The molecule has 114 valence electrons. The number of unbranched alkanes of at least 4 members (excludes halogenated alkanes) is 6. The smallest absolute Gasteiger partial charge is 0.0587 e. The van der Waals surface area contributed by atoms with Gasteiger partial charge in [-0.05, 0) is 11.8 Å². The minimum absolute atomic E-state index is 0.233. The van der Waals surface area contributed by atoms with Crippen molar-refractivity contribution in [1.29, 1.82) is 0 Å². The van der Waals surface area contributed by atoms with Gasteiger partial charge in [0.2, 0.25) is 0 Å². The summed E-state index contributed by atoms with van der Waals surface area (Å²) in [6.07, 6.45) is 13.0. The molecule has 0 aliphatic carbocycles. The summed E-state index contributed by atoms with van der Waals surface area (Å²) in [7, 11) is 1.74. The van der Waals surface area contributed by atoms with Crippen LogP contribution in [0, 0.1) is 5.41 Å². The molecule has 1 unspecified atom stereocenters. The quantitative estimate of drug-likeness (QED) is 0.369. The molecule has 0 aromatic heterocycles. The van der Waals surface area contributed by atoms with Crippen molar-refractivity contribution in [2.75, 3.05) is 26.8 Å². The zero-order valence-electron chi connectivity index (χ0n) is 13.5. The van der Waals surface area contributed by atoms with Crippen molar-refractivity contribution in [2.24, 2.45) is 5.41 Å². The van der Waals surface area contributed by atoms with Crippen LogP contribution in [-0.2, 0) is 4.74 Å². The average molecular weight is 269 g/mol.